The molecular weight excluding hydrogens is 307 g/mol. The van der Waals surface area contributed by atoms with Crippen LogP contribution in [0.3, 0.4) is 0 Å². The van der Waals surface area contributed by atoms with Crippen LogP contribution in [0.2, 0.25) is 0 Å². The van der Waals surface area contributed by atoms with Gasteiger partial charge in [-0.25, -0.2) is 14.4 Å². The normalized spacial score (nSPS) is 10.5. The third-order valence-electron chi connectivity index (χ3n) is 3.00. The lowest BCUT2D eigenvalue weighted by molar-refractivity contribution is -0.390. The summed E-state index contributed by atoms with van der Waals surface area (Å²) < 4.78 is 24.1. The minimum atomic E-state index is -0.668. The van der Waals surface area contributed by atoms with Crippen LogP contribution in [-0.2, 0) is 0 Å². The van der Waals surface area contributed by atoms with Gasteiger partial charge in [-0.15, -0.1) is 0 Å². The van der Waals surface area contributed by atoms with Crippen LogP contribution in [0.25, 0.3) is 10.9 Å². The summed E-state index contributed by atoms with van der Waals surface area (Å²) in [7, 11) is 1.32. The molecule has 0 spiro atoms. The van der Waals surface area contributed by atoms with E-state index in [0.717, 1.165) is 0 Å². The van der Waals surface area contributed by atoms with Gasteiger partial charge in [0.25, 0.3) is 0 Å². The van der Waals surface area contributed by atoms with Gasteiger partial charge in [-0.3, -0.25) is 0 Å². The van der Waals surface area contributed by atoms with Crippen LogP contribution in [0.15, 0.2) is 36.8 Å². The van der Waals surface area contributed by atoms with E-state index in [4.69, 9.17) is 9.47 Å². The molecule has 0 aliphatic carbocycles. The van der Waals surface area contributed by atoms with Crippen LogP contribution in [-0.4, -0.2) is 27.0 Å². The summed E-state index contributed by atoms with van der Waals surface area (Å²) >= 11 is 0. The molecule has 0 saturated heterocycles. The third-order valence-corrected chi connectivity index (χ3v) is 3.00. The fourth-order valence-electron chi connectivity index (χ4n) is 1.97. The zero-order valence-corrected chi connectivity index (χ0v) is 11.8. The molecule has 0 fully saturated rings. The Morgan fingerprint density at radius 2 is 2.04 bits per heavy atom. The van der Waals surface area contributed by atoms with Gasteiger partial charge in [0.1, 0.15) is 12.5 Å². The number of rotatable bonds is 4. The van der Waals surface area contributed by atoms with Gasteiger partial charge < -0.3 is 19.6 Å². The number of hydrogen-bond donors (Lipinski definition) is 0. The van der Waals surface area contributed by atoms with Gasteiger partial charge in [0, 0.05) is 6.07 Å². The molecule has 3 aromatic rings. The van der Waals surface area contributed by atoms with E-state index in [1.165, 1.54) is 43.9 Å². The number of methoxy groups -OCH3 is 1. The number of fused-ring (bicyclic) bond motifs is 1. The zero-order valence-electron chi connectivity index (χ0n) is 11.8. The van der Waals surface area contributed by atoms with Crippen LogP contribution in [0.4, 0.5) is 10.2 Å². The number of nitrogens with zero attached hydrogens (tertiary/aromatic N) is 4. The highest BCUT2D eigenvalue weighted by molar-refractivity contribution is 5.85. The van der Waals surface area contributed by atoms with Crippen LogP contribution < -0.4 is 9.47 Å². The summed E-state index contributed by atoms with van der Waals surface area (Å²) in [5, 5.41) is 11.3. The Morgan fingerprint density at radius 1 is 1.22 bits per heavy atom. The van der Waals surface area contributed by atoms with E-state index in [1.807, 2.05) is 0 Å². The fraction of sp³-hybridized carbons (Fsp3) is 0.0714. The van der Waals surface area contributed by atoms with Crippen molar-refractivity contribution in [1.29, 1.82) is 0 Å². The first kappa shape index (κ1) is 14.6. The number of nitro groups is 1. The predicted octanol–water partition coefficient (Wildman–Crippen LogP) is 2.87. The number of aromatic nitrogens is 3. The number of hydrogen-bond acceptors (Lipinski definition) is 7. The average Bonchev–Trinajstić information content (AvgIpc) is 2.54. The molecule has 3 rings (SSSR count). The van der Waals surface area contributed by atoms with Crippen molar-refractivity contribution >= 4 is 16.7 Å². The Hall–Kier alpha value is -3.36. The van der Waals surface area contributed by atoms with Crippen molar-refractivity contribution in [2.45, 2.75) is 0 Å². The summed E-state index contributed by atoms with van der Waals surface area (Å²) in [6, 6.07) is 5.41. The fourth-order valence-corrected chi connectivity index (χ4v) is 1.97. The van der Waals surface area contributed by atoms with Crippen molar-refractivity contribution in [3.63, 3.8) is 0 Å². The van der Waals surface area contributed by atoms with Crippen molar-refractivity contribution in [2.75, 3.05) is 7.11 Å². The van der Waals surface area contributed by atoms with E-state index in [0.29, 0.717) is 5.39 Å². The standard InChI is InChI=1S/C14H9FN4O4/c1-22-12-5-8-10(6-9(12)15)17-7-18-14(8)23-11-3-2-4-16-13(11)19(20)21/h2-7H,1H3. The predicted molar refractivity (Wildman–Crippen MR) is 77.0 cm³/mol. The van der Waals surface area contributed by atoms with E-state index in [2.05, 4.69) is 15.0 Å². The molecule has 0 atom stereocenters. The van der Waals surface area contributed by atoms with Crippen LogP contribution >= 0.6 is 0 Å². The Morgan fingerprint density at radius 3 is 2.78 bits per heavy atom. The van der Waals surface area contributed by atoms with Crippen LogP contribution in [0, 0.1) is 15.9 Å². The Balaban J connectivity index is 2.12. The molecule has 116 valence electrons. The molecule has 0 aliphatic rings. The first-order valence-corrected chi connectivity index (χ1v) is 6.35. The lowest BCUT2D eigenvalue weighted by Crippen LogP contribution is -1.98. The highest BCUT2D eigenvalue weighted by atomic mass is 19.1. The van der Waals surface area contributed by atoms with Crippen molar-refractivity contribution in [2.24, 2.45) is 0 Å². The van der Waals surface area contributed by atoms with Gasteiger partial charge >= 0.3 is 5.82 Å². The molecule has 2 heterocycles. The summed E-state index contributed by atoms with van der Waals surface area (Å²) in [4.78, 5) is 21.9. The number of pyridine rings is 1. The molecule has 0 unspecified atom stereocenters. The third kappa shape index (κ3) is 2.71. The average molecular weight is 316 g/mol. The number of ether oxygens (including phenoxy) is 2. The Labute approximate surface area is 128 Å². The molecule has 2 aromatic heterocycles. The minimum Gasteiger partial charge on any atom is -0.494 e. The first-order chi connectivity index (χ1) is 11.1. The SMILES string of the molecule is COc1cc2c(Oc3cccnc3[N+](=O)[O-])ncnc2cc1F. The molecule has 0 radical (unpaired) electrons. The van der Waals surface area contributed by atoms with Gasteiger partial charge in [-0.05, 0) is 28.1 Å². The molecule has 9 heteroatoms. The molecule has 8 nitrogen and oxygen atoms in total. The second kappa shape index (κ2) is 5.79. The lowest BCUT2D eigenvalue weighted by atomic mass is 10.2. The molecule has 0 bridgehead atoms. The quantitative estimate of drug-likeness (QED) is 0.539. The lowest BCUT2D eigenvalue weighted by Gasteiger charge is -2.09. The van der Waals surface area contributed by atoms with E-state index in [1.54, 1.807) is 0 Å². The topological polar surface area (TPSA) is 100 Å². The molecule has 0 N–H and O–H groups in total. The second-order valence-corrected chi connectivity index (χ2v) is 4.37. The van der Waals surface area contributed by atoms with E-state index < -0.39 is 16.6 Å². The maximum Gasteiger partial charge on any atom is 0.406 e. The maximum absolute atomic E-state index is 13.7. The summed E-state index contributed by atoms with van der Waals surface area (Å²) in [5.74, 6) is -1.10. The molecule has 23 heavy (non-hydrogen) atoms. The van der Waals surface area contributed by atoms with Gasteiger partial charge in [0.15, 0.2) is 11.6 Å². The minimum absolute atomic E-state index is 0.0159. The number of benzene rings is 1. The first-order valence-electron chi connectivity index (χ1n) is 6.35. The van der Waals surface area contributed by atoms with Crippen molar-refractivity contribution in [1.82, 2.24) is 15.0 Å². The van der Waals surface area contributed by atoms with Gasteiger partial charge in [-0.2, -0.15) is 0 Å². The van der Waals surface area contributed by atoms with Crippen molar-refractivity contribution in [3.05, 3.63) is 52.7 Å². The highest BCUT2D eigenvalue weighted by Gasteiger charge is 2.19. The van der Waals surface area contributed by atoms with E-state index in [-0.39, 0.29) is 22.9 Å². The molecule has 0 aliphatic heterocycles. The molecule has 0 amide bonds. The van der Waals surface area contributed by atoms with Crippen molar-refractivity contribution < 1.29 is 18.8 Å². The number of halogens is 1. The summed E-state index contributed by atoms with van der Waals surface area (Å²) in [6.45, 7) is 0. The molecule has 0 saturated carbocycles. The van der Waals surface area contributed by atoms with Gasteiger partial charge in [0.05, 0.1) is 18.0 Å². The monoisotopic (exact) mass is 316 g/mol. The molecule has 1 aromatic carbocycles. The highest BCUT2D eigenvalue weighted by Crippen LogP contribution is 2.33. The summed E-state index contributed by atoms with van der Waals surface area (Å²) in [5.41, 5.74) is 0.278. The van der Waals surface area contributed by atoms with Crippen molar-refractivity contribution in [3.8, 4) is 17.4 Å². The Bertz CT molecular complexity index is 903. The van der Waals surface area contributed by atoms with Crippen LogP contribution in [0.1, 0.15) is 0 Å². The smallest absolute Gasteiger partial charge is 0.406 e. The van der Waals surface area contributed by atoms with E-state index >= 15 is 0 Å². The van der Waals surface area contributed by atoms with E-state index in [9.17, 15) is 14.5 Å². The van der Waals surface area contributed by atoms with Crippen LogP contribution in [0.5, 0.6) is 17.4 Å². The largest absolute Gasteiger partial charge is 0.494 e. The van der Waals surface area contributed by atoms with Gasteiger partial charge in [-0.1, -0.05) is 0 Å². The Kier molecular flexibility index (Phi) is 3.67. The maximum atomic E-state index is 13.7. The second-order valence-electron chi connectivity index (χ2n) is 4.37. The molecular formula is C14H9FN4O4. The zero-order chi connectivity index (χ0) is 16.4. The summed E-state index contributed by atoms with van der Waals surface area (Å²) in [6.07, 6.45) is 2.45. The van der Waals surface area contributed by atoms with Gasteiger partial charge in [0.2, 0.25) is 11.6 Å².